The van der Waals surface area contributed by atoms with Crippen molar-refractivity contribution in [1.82, 2.24) is 0 Å². The number of nitrogens with zero attached hydrogens (tertiary/aromatic N) is 1. The highest BCUT2D eigenvalue weighted by molar-refractivity contribution is 8.13. The zero-order valence-corrected chi connectivity index (χ0v) is 16.1. The molecular formula is C19H32N2S. The van der Waals surface area contributed by atoms with Gasteiger partial charge in [0.2, 0.25) is 0 Å². The predicted molar refractivity (Wildman–Crippen MR) is 104 cm³/mol. The number of benzene rings is 1. The lowest BCUT2D eigenvalue weighted by Gasteiger charge is -2.23. The Morgan fingerprint density at radius 2 is 1.55 bits per heavy atom. The molecule has 0 aliphatic carbocycles. The van der Waals surface area contributed by atoms with Gasteiger partial charge >= 0.3 is 0 Å². The van der Waals surface area contributed by atoms with Crippen LogP contribution in [0.25, 0.3) is 0 Å². The summed E-state index contributed by atoms with van der Waals surface area (Å²) < 4.78 is 0. The van der Waals surface area contributed by atoms with Crippen LogP contribution in [-0.2, 0) is 0 Å². The van der Waals surface area contributed by atoms with E-state index < -0.39 is 0 Å². The van der Waals surface area contributed by atoms with Crippen LogP contribution in [0.3, 0.4) is 0 Å². The zero-order valence-electron chi connectivity index (χ0n) is 15.2. The van der Waals surface area contributed by atoms with Gasteiger partial charge in [0.1, 0.15) is 0 Å². The van der Waals surface area contributed by atoms with Crippen LogP contribution >= 0.6 is 11.8 Å². The lowest BCUT2D eigenvalue weighted by atomic mass is 9.89. The fourth-order valence-corrected chi connectivity index (χ4v) is 2.99. The fraction of sp³-hybridized carbons (Fsp3) is 0.632. The molecule has 2 atom stereocenters. The summed E-state index contributed by atoms with van der Waals surface area (Å²) in [6.07, 6.45) is 4.38. The average molecular weight is 321 g/mol. The van der Waals surface area contributed by atoms with Gasteiger partial charge in [0, 0.05) is 11.7 Å². The van der Waals surface area contributed by atoms with E-state index in [1.54, 1.807) is 11.8 Å². The van der Waals surface area contributed by atoms with Gasteiger partial charge in [-0.2, -0.15) is 0 Å². The van der Waals surface area contributed by atoms with Crippen LogP contribution in [0.4, 0.5) is 5.69 Å². The Kier molecular flexibility index (Phi) is 8.02. The first kappa shape index (κ1) is 19.1. The molecule has 1 aromatic rings. The van der Waals surface area contributed by atoms with Gasteiger partial charge in [-0.1, -0.05) is 57.7 Å². The number of hydrogen-bond donors (Lipinski definition) is 1. The molecule has 0 heterocycles. The molecule has 1 N–H and O–H groups in total. The maximum atomic E-state index is 4.71. The Morgan fingerprint density at radius 3 is 1.91 bits per heavy atom. The van der Waals surface area contributed by atoms with E-state index in [0.29, 0.717) is 17.9 Å². The van der Waals surface area contributed by atoms with E-state index in [-0.39, 0.29) is 0 Å². The van der Waals surface area contributed by atoms with E-state index in [0.717, 1.165) is 18.0 Å². The predicted octanol–water partition coefficient (Wildman–Crippen LogP) is 6.25. The summed E-state index contributed by atoms with van der Waals surface area (Å²) in [5.74, 6) is 1.10. The van der Waals surface area contributed by atoms with Crippen molar-refractivity contribution in [2.45, 2.75) is 72.3 Å². The molecule has 1 rings (SSSR count). The van der Waals surface area contributed by atoms with Gasteiger partial charge < -0.3 is 5.32 Å². The molecule has 0 saturated heterocycles. The summed E-state index contributed by atoms with van der Waals surface area (Å²) in [5.41, 5.74) is 4.09. The standard InChI is InChI=1S/C19H32N2S/c1-8-14(5)16-11-10-12-17(15(6)9-2)18(16)21-19(22-7)20-13(3)4/h10-15H,8-9H2,1-7H3,(H,20,21). The van der Waals surface area contributed by atoms with Crippen molar-refractivity contribution in [2.75, 3.05) is 11.6 Å². The smallest absolute Gasteiger partial charge is 0.161 e. The van der Waals surface area contributed by atoms with Crippen LogP contribution in [0.1, 0.15) is 77.3 Å². The van der Waals surface area contributed by atoms with Gasteiger partial charge in [0.05, 0.1) is 0 Å². The third kappa shape index (κ3) is 5.05. The van der Waals surface area contributed by atoms with Gasteiger partial charge in [0.25, 0.3) is 0 Å². The van der Waals surface area contributed by atoms with Crippen LogP contribution in [0.5, 0.6) is 0 Å². The van der Waals surface area contributed by atoms with Crippen LogP contribution in [0, 0.1) is 0 Å². The van der Waals surface area contributed by atoms with Crippen LogP contribution in [0.15, 0.2) is 23.2 Å². The van der Waals surface area contributed by atoms with Crippen molar-refractivity contribution in [3.8, 4) is 0 Å². The number of thioether (sulfide) groups is 1. The fourth-order valence-electron chi connectivity index (χ4n) is 2.47. The van der Waals surface area contributed by atoms with Gasteiger partial charge in [0.15, 0.2) is 5.17 Å². The number of amidine groups is 1. The Hall–Kier alpha value is -0.960. The Labute approximate surface area is 141 Å². The van der Waals surface area contributed by atoms with E-state index in [4.69, 9.17) is 4.99 Å². The molecule has 0 aromatic heterocycles. The van der Waals surface area contributed by atoms with Gasteiger partial charge in [-0.05, 0) is 55.9 Å². The highest BCUT2D eigenvalue weighted by Crippen LogP contribution is 2.35. The van der Waals surface area contributed by atoms with Gasteiger partial charge in [-0.25, -0.2) is 0 Å². The van der Waals surface area contributed by atoms with E-state index in [9.17, 15) is 0 Å². The molecule has 0 saturated carbocycles. The molecule has 0 fully saturated rings. The second-order valence-electron chi connectivity index (χ2n) is 6.29. The third-order valence-corrected chi connectivity index (χ3v) is 4.81. The van der Waals surface area contributed by atoms with Crippen molar-refractivity contribution < 1.29 is 0 Å². The number of nitrogens with one attached hydrogen (secondary N) is 1. The van der Waals surface area contributed by atoms with Gasteiger partial charge in [-0.3, -0.25) is 4.99 Å². The van der Waals surface area contributed by atoms with Crippen molar-refractivity contribution in [1.29, 1.82) is 0 Å². The van der Waals surface area contributed by atoms with Crippen molar-refractivity contribution in [3.63, 3.8) is 0 Å². The number of anilines is 1. The normalized spacial score (nSPS) is 15.0. The summed E-state index contributed by atoms with van der Waals surface area (Å²) in [6.45, 7) is 13.4. The molecule has 0 bridgehead atoms. The first-order valence-electron chi connectivity index (χ1n) is 8.46. The maximum absolute atomic E-state index is 4.71. The largest absolute Gasteiger partial charge is 0.335 e. The third-order valence-electron chi connectivity index (χ3n) is 4.22. The monoisotopic (exact) mass is 320 g/mol. The van der Waals surface area contributed by atoms with Crippen molar-refractivity contribution in [2.24, 2.45) is 4.99 Å². The Bertz CT molecular complexity index is 466. The molecule has 22 heavy (non-hydrogen) atoms. The summed E-state index contributed by atoms with van der Waals surface area (Å²) in [5, 5.41) is 4.65. The average Bonchev–Trinajstić information content (AvgIpc) is 2.52. The highest BCUT2D eigenvalue weighted by Gasteiger charge is 2.17. The van der Waals surface area contributed by atoms with E-state index >= 15 is 0 Å². The molecule has 0 aliphatic rings. The van der Waals surface area contributed by atoms with E-state index in [1.165, 1.54) is 16.8 Å². The van der Waals surface area contributed by atoms with Crippen molar-refractivity contribution in [3.05, 3.63) is 29.3 Å². The molecule has 0 aliphatic heterocycles. The number of aliphatic imine (C=N–C) groups is 1. The number of rotatable bonds is 6. The summed E-state index contributed by atoms with van der Waals surface area (Å²) >= 11 is 1.69. The van der Waals surface area contributed by atoms with Crippen molar-refractivity contribution >= 4 is 22.6 Å². The molecule has 2 nitrogen and oxygen atoms in total. The summed E-state index contributed by atoms with van der Waals surface area (Å²) in [4.78, 5) is 4.71. The minimum atomic E-state index is 0.303. The second kappa shape index (κ2) is 9.24. The highest BCUT2D eigenvalue weighted by atomic mass is 32.2. The molecule has 1 aromatic carbocycles. The first-order valence-corrected chi connectivity index (χ1v) is 9.68. The first-order chi connectivity index (χ1) is 10.4. The Morgan fingerprint density at radius 1 is 1.05 bits per heavy atom. The zero-order chi connectivity index (χ0) is 16.7. The minimum absolute atomic E-state index is 0.303. The van der Waals surface area contributed by atoms with Crippen LogP contribution < -0.4 is 5.32 Å². The minimum Gasteiger partial charge on any atom is -0.335 e. The van der Waals surface area contributed by atoms with Gasteiger partial charge in [-0.15, -0.1) is 0 Å². The SMILES string of the molecule is CCC(C)c1cccc(C(C)CC)c1NC(=NC(C)C)SC. The number of para-hydroxylation sites is 1. The lowest BCUT2D eigenvalue weighted by Crippen LogP contribution is -2.15. The second-order valence-corrected chi connectivity index (χ2v) is 7.08. The summed E-state index contributed by atoms with van der Waals surface area (Å²) in [7, 11) is 0. The number of hydrogen-bond acceptors (Lipinski definition) is 2. The molecular weight excluding hydrogens is 288 g/mol. The molecule has 3 heteroatoms. The molecule has 0 radical (unpaired) electrons. The molecule has 0 amide bonds. The van der Waals surface area contributed by atoms with Crippen LogP contribution in [0.2, 0.25) is 0 Å². The Balaban J connectivity index is 3.33. The lowest BCUT2D eigenvalue weighted by molar-refractivity contribution is 0.715. The topological polar surface area (TPSA) is 24.4 Å². The molecule has 0 spiro atoms. The van der Waals surface area contributed by atoms with E-state index in [1.807, 2.05) is 0 Å². The van der Waals surface area contributed by atoms with Crippen LogP contribution in [-0.4, -0.2) is 17.5 Å². The summed E-state index contributed by atoms with van der Waals surface area (Å²) in [6, 6.07) is 7.02. The maximum Gasteiger partial charge on any atom is 0.161 e. The molecule has 124 valence electrons. The molecule has 2 unspecified atom stereocenters. The quantitative estimate of drug-likeness (QED) is 0.494. The van der Waals surface area contributed by atoms with E-state index in [2.05, 4.69) is 71.3 Å².